The number of aromatic nitrogens is 1. The van der Waals surface area contributed by atoms with Crippen LogP contribution in [0.15, 0.2) is 48.8 Å². The SMILES string of the molecule is CC1(C)CC1(C(=O)O)C(=O)NCc1ccc(C(=O)Nc2cccnc2)cc1. The number of hydrogen-bond acceptors (Lipinski definition) is 4. The predicted octanol–water partition coefficient (Wildman–Crippen LogP) is 2.45. The Balaban J connectivity index is 1.59. The zero-order valence-corrected chi connectivity index (χ0v) is 15.2. The van der Waals surface area contributed by atoms with E-state index in [0.29, 0.717) is 17.7 Å². The zero-order valence-electron chi connectivity index (χ0n) is 15.2. The van der Waals surface area contributed by atoms with Gasteiger partial charge >= 0.3 is 5.97 Å². The van der Waals surface area contributed by atoms with Gasteiger partial charge < -0.3 is 15.7 Å². The van der Waals surface area contributed by atoms with Gasteiger partial charge in [-0.1, -0.05) is 26.0 Å². The highest BCUT2D eigenvalue weighted by atomic mass is 16.4. The van der Waals surface area contributed by atoms with Crippen molar-refractivity contribution in [2.45, 2.75) is 26.8 Å². The molecule has 1 heterocycles. The van der Waals surface area contributed by atoms with Gasteiger partial charge in [-0.05, 0) is 41.7 Å². The van der Waals surface area contributed by atoms with Crippen LogP contribution in [0, 0.1) is 10.8 Å². The van der Waals surface area contributed by atoms with Gasteiger partial charge in [0.2, 0.25) is 5.91 Å². The normalized spacial score (nSPS) is 19.8. The summed E-state index contributed by atoms with van der Waals surface area (Å²) >= 11 is 0. The van der Waals surface area contributed by atoms with E-state index in [-0.39, 0.29) is 12.5 Å². The summed E-state index contributed by atoms with van der Waals surface area (Å²) in [5.41, 5.74) is -0.0438. The number of carbonyl (C=O) groups is 3. The largest absolute Gasteiger partial charge is 0.480 e. The van der Waals surface area contributed by atoms with E-state index in [9.17, 15) is 19.5 Å². The summed E-state index contributed by atoms with van der Waals surface area (Å²) in [5, 5.41) is 14.9. The second-order valence-corrected chi connectivity index (χ2v) is 7.35. The molecule has 0 bridgehead atoms. The molecule has 0 radical (unpaired) electrons. The Bertz CT molecular complexity index is 878. The van der Waals surface area contributed by atoms with E-state index in [2.05, 4.69) is 15.6 Å². The standard InChI is InChI=1S/C20H21N3O4/c1-19(2)12-20(19,18(26)27)17(25)22-10-13-5-7-14(8-6-13)16(24)23-15-4-3-9-21-11-15/h3-9,11H,10,12H2,1-2H3,(H,22,25)(H,23,24)(H,26,27). The number of carboxylic acids is 1. The van der Waals surface area contributed by atoms with Gasteiger partial charge in [0.05, 0.1) is 11.9 Å². The Morgan fingerprint density at radius 2 is 1.81 bits per heavy atom. The lowest BCUT2D eigenvalue weighted by molar-refractivity contribution is -0.150. The first-order valence-corrected chi connectivity index (χ1v) is 8.58. The Labute approximate surface area is 156 Å². The maximum Gasteiger partial charge on any atom is 0.319 e. The predicted molar refractivity (Wildman–Crippen MR) is 98.9 cm³/mol. The molecule has 0 spiro atoms. The number of amides is 2. The molecule has 1 aliphatic rings. The van der Waals surface area contributed by atoms with Crippen molar-refractivity contribution in [1.82, 2.24) is 10.3 Å². The van der Waals surface area contributed by atoms with Crippen LogP contribution in [0.3, 0.4) is 0 Å². The molecule has 1 atom stereocenters. The number of aliphatic carboxylic acids is 1. The van der Waals surface area contributed by atoms with Gasteiger partial charge in [-0.25, -0.2) is 0 Å². The van der Waals surface area contributed by atoms with Gasteiger partial charge in [-0.3, -0.25) is 19.4 Å². The van der Waals surface area contributed by atoms with Crippen molar-refractivity contribution in [3.8, 4) is 0 Å². The number of nitrogens with one attached hydrogen (secondary N) is 2. The van der Waals surface area contributed by atoms with Crippen molar-refractivity contribution in [1.29, 1.82) is 0 Å². The number of rotatable bonds is 6. The maximum absolute atomic E-state index is 12.4. The summed E-state index contributed by atoms with van der Waals surface area (Å²) in [4.78, 5) is 40.0. The molecule has 1 aromatic carbocycles. The Hall–Kier alpha value is -3.22. The maximum atomic E-state index is 12.4. The number of anilines is 1. The molecule has 0 aliphatic heterocycles. The lowest BCUT2D eigenvalue weighted by Gasteiger charge is -2.15. The first-order valence-electron chi connectivity index (χ1n) is 8.58. The van der Waals surface area contributed by atoms with Gasteiger partial charge in [-0.2, -0.15) is 0 Å². The smallest absolute Gasteiger partial charge is 0.319 e. The number of hydrogen-bond donors (Lipinski definition) is 3. The fraction of sp³-hybridized carbons (Fsp3) is 0.300. The van der Waals surface area contributed by atoms with Crippen LogP contribution in [0.4, 0.5) is 5.69 Å². The molecule has 7 heteroatoms. The Morgan fingerprint density at radius 3 is 2.33 bits per heavy atom. The van der Waals surface area contributed by atoms with Crippen LogP contribution in [-0.2, 0) is 16.1 Å². The van der Waals surface area contributed by atoms with Crippen molar-refractivity contribution in [3.63, 3.8) is 0 Å². The quantitative estimate of drug-likeness (QED) is 0.680. The van der Waals surface area contributed by atoms with E-state index in [4.69, 9.17) is 0 Å². The second-order valence-electron chi connectivity index (χ2n) is 7.35. The molecule has 0 saturated heterocycles. The van der Waals surface area contributed by atoms with Gasteiger partial charge in [-0.15, -0.1) is 0 Å². The van der Waals surface area contributed by atoms with Gasteiger partial charge in [0.15, 0.2) is 5.41 Å². The molecule has 1 fully saturated rings. The van der Waals surface area contributed by atoms with Crippen LogP contribution in [-0.4, -0.2) is 27.9 Å². The third-order valence-corrected chi connectivity index (χ3v) is 5.08. The summed E-state index contributed by atoms with van der Waals surface area (Å²) in [6.45, 7) is 3.75. The van der Waals surface area contributed by atoms with Crippen LogP contribution >= 0.6 is 0 Å². The minimum Gasteiger partial charge on any atom is -0.480 e. The molecule has 7 nitrogen and oxygen atoms in total. The summed E-state index contributed by atoms with van der Waals surface area (Å²) < 4.78 is 0. The Kier molecular flexibility index (Phi) is 4.70. The number of nitrogens with zero attached hydrogens (tertiary/aromatic N) is 1. The van der Waals surface area contributed by atoms with Crippen LogP contribution in [0.2, 0.25) is 0 Å². The molecule has 3 N–H and O–H groups in total. The molecule has 3 rings (SSSR count). The summed E-state index contributed by atoms with van der Waals surface area (Å²) in [6, 6.07) is 10.2. The lowest BCUT2D eigenvalue weighted by atomic mass is 9.95. The van der Waals surface area contributed by atoms with Crippen LogP contribution in [0.25, 0.3) is 0 Å². The van der Waals surface area contributed by atoms with Crippen LogP contribution in [0.5, 0.6) is 0 Å². The average molecular weight is 367 g/mol. The van der Waals surface area contributed by atoms with Crippen molar-refractivity contribution >= 4 is 23.5 Å². The molecule has 1 aliphatic carbocycles. The fourth-order valence-electron chi connectivity index (χ4n) is 3.22. The monoisotopic (exact) mass is 367 g/mol. The van der Waals surface area contributed by atoms with Crippen LogP contribution < -0.4 is 10.6 Å². The molecule has 2 aromatic rings. The molecule has 1 aromatic heterocycles. The molecular weight excluding hydrogens is 346 g/mol. The van der Waals surface area contributed by atoms with E-state index < -0.39 is 22.7 Å². The lowest BCUT2D eigenvalue weighted by Crippen LogP contribution is -2.39. The third kappa shape index (κ3) is 3.53. The number of benzene rings is 1. The van der Waals surface area contributed by atoms with Crippen molar-refractivity contribution in [2.75, 3.05) is 5.32 Å². The van der Waals surface area contributed by atoms with Crippen LogP contribution in [0.1, 0.15) is 36.2 Å². The molecule has 1 unspecified atom stereocenters. The first-order chi connectivity index (χ1) is 12.8. The van der Waals surface area contributed by atoms with Crippen molar-refractivity contribution in [3.05, 3.63) is 59.9 Å². The van der Waals surface area contributed by atoms with E-state index >= 15 is 0 Å². The highest BCUT2D eigenvalue weighted by Gasteiger charge is 2.71. The van der Waals surface area contributed by atoms with E-state index in [1.54, 1.807) is 62.6 Å². The molecular formula is C20H21N3O4. The second kappa shape index (κ2) is 6.83. The molecule has 27 heavy (non-hydrogen) atoms. The van der Waals surface area contributed by atoms with Gasteiger partial charge in [0.1, 0.15) is 0 Å². The molecule has 140 valence electrons. The van der Waals surface area contributed by atoms with E-state index in [1.165, 1.54) is 0 Å². The molecule has 1 saturated carbocycles. The fourth-order valence-corrected chi connectivity index (χ4v) is 3.22. The van der Waals surface area contributed by atoms with Crippen molar-refractivity contribution < 1.29 is 19.5 Å². The first kappa shape index (κ1) is 18.6. The van der Waals surface area contributed by atoms with Gasteiger partial charge in [0.25, 0.3) is 5.91 Å². The zero-order chi connectivity index (χ0) is 19.7. The average Bonchev–Trinajstić information content (AvgIpc) is 3.25. The minimum absolute atomic E-state index is 0.203. The van der Waals surface area contributed by atoms with E-state index in [1.807, 2.05) is 0 Å². The molecule has 2 amide bonds. The Morgan fingerprint density at radius 1 is 1.15 bits per heavy atom. The number of carboxylic acid groups (broad SMARTS) is 1. The minimum atomic E-state index is -1.35. The van der Waals surface area contributed by atoms with Gasteiger partial charge in [0, 0.05) is 18.3 Å². The number of pyridine rings is 1. The van der Waals surface area contributed by atoms with Crippen molar-refractivity contribution in [2.24, 2.45) is 10.8 Å². The summed E-state index contributed by atoms with van der Waals surface area (Å²) in [6.07, 6.45) is 3.50. The topological polar surface area (TPSA) is 108 Å². The van der Waals surface area contributed by atoms with E-state index in [0.717, 1.165) is 5.56 Å². The third-order valence-electron chi connectivity index (χ3n) is 5.08. The number of carbonyl (C=O) groups excluding carboxylic acids is 2. The summed E-state index contributed by atoms with van der Waals surface area (Å²) in [5.74, 6) is -1.83. The highest BCUT2D eigenvalue weighted by Crippen LogP contribution is 2.63. The summed E-state index contributed by atoms with van der Waals surface area (Å²) in [7, 11) is 0. The highest BCUT2D eigenvalue weighted by molar-refractivity contribution is 6.06.